The number of aromatic amines is 1. The van der Waals surface area contributed by atoms with Crippen LogP contribution in [-0.2, 0) is 0 Å². The third-order valence-corrected chi connectivity index (χ3v) is 5.62. The van der Waals surface area contributed by atoms with Crippen molar-refractivity contribution in [2.45, 2.75) is 38.8 Å². The molecule has 26 heavy (non-hydrogen) atoms. The number of benzene rings is 1. The summed E-state index contributed by atoms with van der Waals surface area (Å²) in [7, 11) is 0. The summed E-state index contributed by atoms with van der Waals surface area (Å²) >= 11 is 3.62. The number of aromatic nitrogens is 1. The van der Waals surface area contributed by atoms with Gasteiger partial charge in [-0.3, -0.25) is 0 Å². The molecule has 5 heteroatoms. The molecule has 0 unspecified atom stereocenters. The zero-order valence-electron chi connectivity index (χ0n) is 15.3. The third-order valence-electron chi connectivity index (χ3n) is 5.00. The van der Waals surface area contributed by atoms with E-state index in [-0.39, 0.29) is 6.10 Å². The van der Waals surface area contributed by atoms with Crippen molar-refractivity contribution in [3.63, 3.8) is 0 Å². The SMILES string of the molecule is C=C(C#N)C(=C)c1cc2cc(OC3CCN(C(C)C)CC3)c(Br)cc2[nH]1. The minimum absolute atomic E-state index is 0.241. The predicted octanol–water partition coefficient (Wildman–Crippen LogP) is 5.27. The lowest BCUT2D eigenvalue weighted by Gasteiger charge is -2.34. The molecule has 1 aromatic carbocycles. The first kappa shape index (κ1) is 18.8. The molecule has 0 atom stereocenters. The van der Waals surface area contributed by atoms with Crippen LogP contribution in [0.15, 0.2) is 41.4 Å². The van der Waals surface area contributed by atoms with Crippen molar-refractivity contribution in [3.05, 3.63) is 47.1 Å². The maximum Gasteiger partial charge on any atom is 0.134 e. The van der Waals surface area contributed by atoms with Crippen LogP contribution in [0.3, 0.4) is 0 Å². The van der Waals surface area contributed by atoms with Gasteiger partial charge in [0.05, 0.1) is 16.1 Å². The van der Waals surface area contributed by atoms with Crippen molar-refractivity contribution in [1.29, 1.82) is 5.26 Å². The van der Waals surface area contributed by atoms with Crippen LogP contribution < -0.4 is 4.74 Å². The molecule has 0 aliphatic carbocycles. The van der Waals surface area contributed by atoms with Gasteiger partial charge in [0.1, 0.15) is 11.9 Å². The number of likely N-dealkylation sites (tertiary alicyclic amines) is 1. The number of hydrogen-bond donors (Lipinski definition) is 1. The molecule has 0 spiro atoms. The lowest BCUT2D eigenvalue weighted by atomic mass is 10.1. The van der Waals surface area contributed by atoms with Crippen molar-refractivity contribution >= 4 is 32.4 Å². The van der Waals surface area contributed by atoms with Gasteiger partial charge in [0.25, 0.3) is 0 Å². The molecule has 136 valence electrons. The van der Waals surface area contributed by atoms with E-state index in [1.165, 1.54) is 0 Å². The van der Waals surface area contributed by atoms with Crippen LogP contribution in [0.4, 0.5) is 0 Å². The van der Waals surface area contributed by atoms with E-state index >= 15 is 0 Å². The van der Waals surface area contributed by atoms with Gasteiger partial charge in [0.15, 0.2) is 0 Å². The Morgan fingerprint density at radius 3 is 2.62 bits per heavy atom. The molecule has 0 radical (unpaired) electrons. The zero-order chi connectivity index (χ0) is 18.8. The van der Waals surface area contributed by atoms with Gasteiger partial charge in [-0.05, 0) is 60.8 Å². The molecule has 3 rings (SSSR count). The summed E-state index contributed by atoms with van der Waals surface area (Å²) in [5.74, 6) is 0.857. The Labute approximate surface area is 163 Å². The Morgan fingerprint density at radius 1 is 1.31 bits per heavy atom. The number of hydrogen-bond acceptors (Lipinski definition) is 3. The molecule has 0 saturated carbocycles. The van der Waals surface area contributed by atoms with Gasteiger partial charge in [-0.25, -0.2) is 0 Å². The van der Waals surface area contributed by atoms with E-state index < -0.39 is 0 Å². The lowest BCUT2D eigenvalue weighted by molar-refractivity contribution is 0.0839. The largest absolute Gasteiger partial charge is 0.489 e. The molecule has 2 aromatic rings. The van der Waals surface area contributed by atoms with Gasteiger partial charge in [-0.15, -0.1) is 0 Å². The maximum atomic E-state index is 9.01. The van der Waals surface area contributed by atoms with Gasteiger partial charge in [-0.1, -0.05) is 13.2 Å². The Morgan fingerprint density at radius 2 is 2.00 bits per heavy atom. The van der Waals surface area contributed by atoms with Crippen molar-refractivity contribution in [3.8, 4) is 11.8 Å². The average molecular weight is 414 g/mol. The van der Waals surface area contributed by atoms with Crippen molar-refractivity contribution in [2.24, 2.45) is 0 Å². The molecule has 4 nitrogen and oxygen atoms in total. The van der Waals surface area contributed by atoms with Crippen LogP contribution in [0.2, 0.25) is 0 Å². The highest BCUT2D eigenvalue weighted by molar-refractivity contribution is 9.10. The molecule has 1 saturated heterocycles. The molecule has 1 fully saturated rings. The molecule has 1 aliphatic rings. The monoisotopic (exact) mass is 413 g/mol. The minimum atomic E-state index is 0.241. The fraction of sp³-hybridized carbons (Fsp3) is 0.381. The van der Waals surface area contributed by atoms with E-state index in [2.05, 4.69) is 52.8 Å². The number of halogens is 1. The topological polar surface area (TPSA) is 52.0 Å². The molecular formula is C21H24BrN3O. The van der Waals surface area contributed by atoms with E-state index in [9.17, 15) is 0 Å². The molecule has 0 bridgehead atoms. The van der Waals surface area contributed by atoms with Crippen LogP contribution in [0.25, 0.3) is 16.5 Å². The summed E-state index contributed by atoms with van der Waals surface area (Å²) in [5, 5.41) is 10.0. The molecular weight excluding hydrogens is 390 g/mol. The second-order valence-corrected chi connectivity index (χ2v) is 7.92. The van der Waals surface area contributed by atoms with Crippen molar-refractivity contribution in [2.75, 3.05) is 13.1 Å². The highest BCUT2D eigenvalue weighted by Gasteiger charge is 2.23. The fourth-order valence-electron chi connectivity index (χ4n) is 3.31. The Balaban J connectivity index is 1.78. The number of piperidine rings is 1. The van der Waals surface area contributed by atoms with E-state index in [0.717, 1.165) is 52.8 Å². The van der Waals surface area contributed by atoms with E-state index in [1.54, 1.807) is 0 Å². The molecule has 0 amide bonds. The molecule has 1 aliphatic heterocycles. The van der Waals surface area contributed by atoms with Crippen LogP contribution in [-0.4, -0.2) is 35.1 Å². The quantitative estimate of drug-likeness (QED) is 0.535. The third kappa shape index (κ3) is 3.87. The smallest absolute Gasteiger partial charge is 0.134 e. The van der Waals surface area contributed by atoms with Crippen LogP contribution >= 0.6 is 15.9 Å². The number of ether oxygens (including phenoxy) is 1. The summed E-state index contributed by atoms with van der Waals surface area (Å²) in [6.45, 7) is 14.3. The van der Waals surface area contributed by atoms with Gasteiger partial charge < -0.3 is 14.6 Å². The summed E-state index contributed by atoms with van der Waals surface area (Å²) < 4.78 is 7.21. The number of nitrogens with one attached hydrogen (secondary N) is 1. The standard InChI is InChI=1S/C21H24BrN3O/c1-13(2)25-7-5-17(6-8-25)26-21-10-16-9-19(15(4)14(3)12-23)24-20(16)11-18(21)22/h9-11,13,17,24H,3-8H2,1-2H3. The first-order valence-corrected chi connectivity index (χ1v) is 9.70. The molecule has 2 heterocycles. The minimum Gasteiger partial charge on any atom is -0.489 e. The number of H-pyrrole nitrogens is 1. The lowest BCUT2D eigenvalue weighted by Crippen LogP contribution is -2.41. The van der Waals surface area contributed by atoms with Crippen molar-refractivity contribution < 1.29 is 4.74 Å². The Kier molecular flexibility index (Phi) is 5.55. The van der Waals surface area contributed by atoms with E-state index in [4.69, 9.17) is 10.00 Å². The summed E-state index contributed by atoms with van der Waals surface area (Å²) in [5.41, 5.74) is 2.76. The van der Waals surface area contributed by atoms with Gasteiger partial charge >= 0.3 is 0 Å². The summed E-state index contributed by atoms with van der Waals surface area (Å²) in [6, 6.07) is 8.67. The number of nitriles is 1. The highest BCUT2D eigenvalue weighted by atomic mass is 79.9. The predicted molar refractivity (Wildman–Crippen MR) is 110 cm³/mol. The van der Waals surface area contributed by atoms with Gasteiger partial charge in [0, 0.05) is 41.3 Å². The average Bonchev–Trinajstić information content (AvgIpc) is 3.03. The number of rotatable bonds is 5. The summed E-state index contributed by atoms with van der Waals surface area (Å²) in [4.78, 5) is 5.79. The van der Waals surface area contributed by atoms with Crippen molar-refractivity contribution in [1.82, 2.24) is 9.88 Å². The highest BCUT2D eigenvalue weighted by Crippen LogP contribution is 2.34. The first-order chi connectivity index (χ1) is 12.4. The summed E-state index contributed by atoms with van der Waals surface area (Å²) in [6.07, 6.45) is 2.32. The van der Waals surface area contributed by atoms with E-state index in [0.29, 0.717) is 17.2 Å². The second-order valence-electron chi connectivity index (χ2n) is 7.07. The fourth-order valence-corrected chi connectivity index (χ4v) is 3.74. The van der Waals surface area contributed by atoms with Crippen LogP contribution in [0, 0.1) is 11.3 Å². The number of fused-ring (bicyclic) bond motifs is 1. The van der Waals surface area contributed by atoms with E-state index in [1.807, 2.05) is 24.3 Å². The number of allylic oxidation sites excluding steroid dienone is 2. The van der Waals surface area contributed by atoms with Gasteiger partial charge in [-0.2, -0.15) is 5.26 Å². The normalized spacial score (nSPS) is 16.0. The zero-order valence-corrected chi connectivity index (χ0v) is 16.9. The molecule has 1 aromatic heterocycles. The van der Waals surface area contributed by atoms with Gasteiger partial charge in [0.2, 0.25) is 0 Å². The maximum absolute atomic E-state index is 9.01. The Hall–Kier alpha value is -2.03. The Bertz CT molecular complexity index is 883. The van der Waals surface area contributed by atoms with Crippen LogP contribution in [0.1, 0.15) is 32.4 Å². The second kappa shape index (κ2) is 7.69. The number of nitrogens with zero attached hydrogens (tertiary/aromatic N) is 2. The molecule has 1 N–H and O–H groups in total. The first-order valence-electron chi connectivity index (χ1n) is 8.90. The van der Waals surface area contributed by atoms with Crippen LogP contribution in [0.5, 0.6) is 5.75 Å².